The molecule has 2 heterocycles. The third kappa shape index (κ3) is 2.86. The molecule has 1 aliphatic carbocycles. The van der Waals surface area contributed by atoms with Crippen LogP contribution >= 0.6 is 0 Å². The maximum absolute atomic E-state index is 12.8. The van der Waals surface area contributed by atoms with Crippen LogP contribution in [0.4, 0.5) is 0 Å². The van der Waals surface area contributed by atoms with Crippen LogP contribution in [0.5, 0.6) is 0 Å². The lowest BCUT2D eigenvalue weighted by Gasteiger charge is -2.43. The van der Waals surface area contributed by atoms with E-state index in [-0.39, 0.29) is 11.8 Å². The molecule has 26 heavy (non-hydrogen) atoms. The quantitative estimate of drug-likeness (QED) is 0.807. The summed E-state index contributed by atoms with van der Waals surface area (Å²) in [5.41, 5.74) is 5.22. The number of fused-ring (bicyclic) bond motifs is 2. The number of hydrogen-bond acceptors (Lipinski definition) is 2. The Morgan fingerprint density at radius 1 is 1.38 bits per heavy atom. The van der Waals surface area contributed by atoms with Crippen molar-refractivity contribution in [2.75, 3.05) is 13.1 Å². The number of aromatic nitrogens is 1. The van der Waals surface area contributed by atoms with Crippen molar-refractivity contribution >= 4 is 22.4 Å². The topological polar surface area (TPSA) is 48.1 Å². The fourth-order valence-electron chi connectivity index (χ4n) is 4.52. The summed E-state index contributed by atoms with van der Waals surface area (Å²) in [7, 11) is 0. The smallest absolute Gasteiger partial charge is 0.228 e. The molecule has 0 radical (unpaired) electrons. The second-order valence-corrected chi connectivity index (χ2v) is 7.93. The lowest BCUT2D eigenvalue weighted by atomic mass is 9.79. The first-order valence-corrected chi connectivity index (χ1v) is 9.94. The third-order valence-corrected chi connectivity index (χ3v) is 5.89. The number of rotatable bonds is 5. The molecule has 2 unspecified atom stereocenters. The Kier molecular flexibility index (Phi) is 4.62. The summed E-state index contributed by atoms with van der Waals surface area (Å²) in [4.78, 5) is 18.7. The summed E-state index contributed by atoms with van der Waals surface area (Å²) in [6, 6.07) is 7.25. The number of unbranched alkanes of at least 4 members (excludes halogenated alkanes) is 1. The summed E-state index contributed by atoms with van der Waals surface area (Å²) in [6.45, 7) is 8.21. The van der Waals surface area contributed by atoms with E-state index < -0.39 is 0 Å². The van der Waals surface area contributed by atoms with Gasteiger partial charge in [-0.2, -0.15) is 0 Å². The Morgan fingerprint density at radius 3 is 3.00 bits per heavy atom. The molecule has 0 fully saturated rings. The van der Waals surface area contributed by atoms with E-state index in [1.165, 1.54) is 27.6 Å². The van der Waals surface area contributed by atoms with Crippen LogP contribution in [0.3, 0.4) is 0 Å². The molecule has 1 aromatic heterocycles. The molecule has 2 aromatic rings. The van der Waals surface area contributed by atoms with Gasteiger partial charge in [-0.15, -0.1) is 0 Å². The van der Waals surface area contributed by atoms with E-state index in [0.717, 1.165) is 32.4 Å². The highest BCUT2D eigenvalue weighted by Gasteiger charge is 2.38. The van der Waals surface area contributed by atoms with Gasteiger partial charge in [0, 0.05) is 42.3 Å². The second-order valence-electron chi connectivity index (χ2n) is 7.93. The van der Waals surface area contributed by atoms with Crippen molar-refractivity contribution in [3.05, 3.63) is 41.6 Å². The number of H-pyrrole nitrogens is 1. The van der Waals surface area contributed by atoms with E-state index in [0.29, 0.717) is 12.1 Å². The molecule has 138 valence electrons. The molecule has 1 amide bonds. The van der Waals surface area contributed by atoms with E-state index in [2.05, 4.69) is 66.4 Å². The minimum Gasteiger partial charge on any atom is -0.361 e. The predicted octanol–water partition coefficient (Wildman–Crippen LogP) is 3.73. The van der Waals surface area contributed by atoms with Crippen molar-refractivity contribution in [1.29, 1.82) is 0 Å². The van der Waals surface area contributed by atoms with Gasteiger partial charge in [0.25, 0.3) is 0 Å². The fraction of sp³-hybridized carbons (Fsp3) is 0.500. The second kappa shape index (κ2) is 6.92. The molecule has 0 saturated carbocycles. The lowest BCUT2D eigenvalue weighted by Crippen LogP contribution is -2.51. The Balaban J connectivity index is 1.73. The zero-order valence-corrected chi connectivity index (χ0v) is 16.0. The number of aromatic amines is 1. The molecule has 0 saturated heterocycles. The van der Waals surface area contributed by atoms with Crippen molar-refractivity contribution in [2.45, 2.75) is 52.1 Å². The van der Waals surface area contributed by atoms with Crippen LogP contribution in [0.15, 0.2) is 30.5 Å². The van der Waals surface area contributed by atoms with Gasteiger partial charge < -0.3 is 10.3 Å². The lowest BCUT2D eigenvalue weighted by molar-refractivity contribution is -0.124. The molecule has 1 aromatic carbocycles. The minimum absolute atomic E-state index is 0.0729. The number of carbonyl (C=O) groups is 1. The largest absolute Gasteiger partial charge is 0.361 e. The summed E-state index contributed by atoms with van der Waals surface area (Å²) in [5, 5.41) is 4.47. The SMILES string of the molecule is CCCCNC(=O)C1C=C2c3cccc4[nH]cc(c34)CC2N(C(C)C)C1. The van der Waals surface area contributed by atoms with E-state index in [4.69, 9.17) is 0 Å². The maximum atomic E-state index is 12.8. The predicted molar refractivity (Wildman–Crippen MR) is 107 cm³/mol. The summed E-state index contributed by atoms with van der Waals surface area (Å²) < 4.78 is 0. The minimum atomic E-state index is -0.0729. The zero-order valence-electron chi connectivity index (χ0n) is 16.0. The number of nitrogens with one attached hydrogen (secondary N) is 2. The summed E-state index contributed by atoms with van der Waals surface area (Å²) in [6.07, 6.45) is 7.57. The van der Waals surface area contributed by atoms with Crippen LogP contribution < -0.4 is 5.32 Å². The highest BCUT2D eigenvalue weighted by Crippen LogP contribution is 2.41. The monoisotopic (exact) mass is 351 g/mol. The molecular formula is C22H29N3O. The normalized spacial score (nSPS) is 22.4. The van der Waals surface area contributed by atoms with Gasteiger partial charge in [-0.1, -0.05) is 31.6 Å². The molecule has 2 atom stereocenters. The molecule has 0 bridgehead atoms. The van der Waals surface area contributed by atoms with Crippen LogP contribution in [0.1, 0.15) is 44.7 Å². The molecule has 1 aliphatic heterocycles. The molecule has 4 rings (SSSR count). The van der Waals surface area contributed by atoms with Gasteiger partial charge in [-0.3, -0.25) is 9.69 Å². The van der Waals surface area contributed by atoms with Crippen LogP contribution in [0.2, 0.25) is 0 Å². The molecule has 4 nitrogen and oxygen atoms in total. The van der Waals surface area contributed by atoms with Gasteiger partial charge in [0.15, 0.2) is 0 Å². The molecular weight excluding hydrogens is 322 g/mol. The highest BCUT2D eigenvalue weighted by atomic mass is 16.1. The van der Waals surface area contributed by atoms with Gasteiger partial charge in [-0.05, 0) is 49.5 Å². The molecule has 0 spiro atoms. The summed E-state index contributed by atoms with van der Waals surface area (Å²) >= 11 is 0. The van der Waals surface area contributed by atoms with Gasteiger partial charge in [0.05, 0.1) is 5.92 Å². The number of amides is 1. The molecule has 2 aliphatic rings. The van der Waals surface area contributed by atoms with Crippen LogP contribution in [-0.4, -0.2) is 41.0 Å². The average molecular weight is 351 g/mol. The highest BCUT2D eigenvalue weighted by molar-refractivity contribution is 5.99. The van der Waals surface area contributed by atoms with Gasteiger partial charge >= 0.3 is 0 Å². The van der Waals surface area contributed by atoms with Gasteiger partial charge in [-0.25, -0.2) is 0 Å². The average Bonchev–Trinajstić information content (AvgIpc) is 3.05. The summed E-state index contributed by atoms with van der Waals surface area (Å²) in [5.74, 6) is 0.0957. The van der Waals surface area contributed by atoms with E-state index in [1.807, 2.05) is 0 Å². The first kappa shape index (κ1) is 17.3. The van der Waals surface area contributed by atoms with E-state index in [9.17, 15) is 4.79 Å². The van der Waals surface area contributed by atoms with Crippen LogP contribution in [-0.2, 0) is 11.2 Å². The Hall–Kier alpha value is -2.07. The maximum Gasteiger partial charge on any atom is 0.228 e. The Bertz CT molecular complexity index is 848. The Morgan fingerprint density at radius 2 is 2.23 bits per heavy atom. The number of benzene rings is 1. The standard InChI is InChI=1S/C22H29N3O/c1-4-5-9-23-22(26)16-10-18-17-7-6-8-19-21(17)15(12-24-19)11-20(18)25(13-16)14(2)3/h6-8,10,12,14,16,20,24H,4-5,9,11,13H2,1-3H3,(H,23,26). The van der Waals surface area contributed by atoms with Crippen molar-refractivity contribution in [1.82, 2.24) is 15.2 Å². The first-order chi connectivity index (χ1) is 12.6. The number of hydrogen-bond donors (Lipinski definition) is 2. The number of nitrogens with zero attached hydrogens (tertiary/aromatic N) is 1. The van der Waals surface area contributed by atoms with Gasteiger partial charge in [0.1, 0.15) is 0 Å². The van der Waals surface area contributed by atoms with E-state index >= 15 is 0 Å². The van der Waals surface area contributed by atoms with Crippen LogP contribution in [0, 0.1) is 5.92 Å². The molecule has 4 heteroatoms. The van der Waals surface area contributed by atoms with Crippen molar-refractivity contribution in [3.63, 3.8) is 0 Å². The molecule has 2 N–H and O–H groups in total. The fourth-order valence-corrected chi connectivity index (χ4v) is 4.52. The number of carbonyl (C=O) groups excluding carboxylic acids is 1. The Labute approximate surface area is 155 Å². The van der Waals surface area contributed by atoms with Crippen molar-refractivity contribution < 1.29 is 4.79 Å². The first-order valence-electron chi connectivity index (χ1n) is 9.94. The zero-order chi connectivity index (χ0) is 18.3. The van der Waals surface area contributed by atoms with Gasteiger partial charge in [0.2, 0.25) is 5.91 Å². The van der Waals surface area contributed by atoms with Crippen LogP contribution in [0.25, 0.3) is 16.5 Å². The van der Waals surface area contributed by atoms with Crippen molar-refractivity contribution in [2.24, 2.45) is 5.92 Å². The third-order valence-electron chi connectivity index (χ3n) is 5.89. The van der Waals surface area contributed by atoms with Crippen molar-refractivity contribution in [3.8, 4) is 0 Å². The van der Waals surface area contributed by atoms with E-state index in [1.54, 1.807) is 0 Å².